The summed E-state index contributed by atoms with van der Waals surface area (Å²) in [4.78, 5) is 24.6. The second kappa shape index (κ2) is 74.8. The third kappa shape index (κ3) is 71.3. The quantitative estimate of drug-likeness (QED) is 0.0320. The van der Waals surface area contributed by atoms with Crippen LogP contribution in [0, 0.1) is 0 Å². The lowest BCUT2D eigenvalue weighted by Crippen LogP contribution is -2.45. The first-order chi connectivity index (χ1) is 42.0. The highest BCUT2D eigenvalue weighted by Crippen LogP contribution is 2.20. The van der Waals surface area contributed by atoms with Crippen LogP contribution in [0.2, 0.25) is 0 Å². The maximum atomic E-state index is 12.5. The molecule has 0 aliphatic carbocycles. The van der Waals surface area contributed by atoms with E-state index in [2.05, 4.69) is 31.3 Å². The predicted molar refractivity (Wildman–Crippen MR) is 375 cm³/mol. The molecule has 0 aliphatic heterocycles. The molecule has 0 bridgehead atoms. The predicted octanol–water partition coefficient (Wildman–Crippen LogP) is 25.7. The van der Waals surface area contributed by atoms with Crippen molar-refractivity contribution in [1.82, 2.24) is 5.32 Å². The van der Waals surface area contributed by atoms with E-state index in [1.165, 1.54) is 379 Å². The number of unbranched alkanes of at least 4 members (excludes halogenated alkanes) is 61. The van der Waals surface area contributed by atoms with Crippen LogP contribution >= 0.6 is 0 Å². The van der Waals surface area contributed by atoms with Gasteiger partial charge in [0.15, 0.2) is 0 Å². The lowest BCUT2D eigenvalue weighted by Gasteiger charge is -2.20. The summed E-state index contributed by atoms with van der Waals surface area (Å²) in [5.41, 5.74) is 0. The van der Waals surface area contributed by atoms with Crippen LogP contribution in [-0.4, -0.2) is 47.4 Å². The Hall–Kier alpha value is -1.66. The molecule has 0 aliphatic rings. The van der Waals surface area contributed by atoms with Crippen LogP contribution in [0.5, 0.6) is 0 Å². The van der Waals surface area contributed by atoms with E-state index in [0.29, 0.717) is 19.4 Å². The summed E-state index contributed by atoms with van der Waals surface area (Å²) in [6, 6.07) is -0.627. The number of rotatable bonds is 74. The molecule has 85 heavy (non-hydrogen) atoms. The van der Waals surface area contributed by atoms with Crippen LogP contribution in [0.4, 0.5) is 0 Å². The number of nitrogens with one attached hydrogen (secondary N) is 1. The third-order valence-electron chi connectivity index (χ3n) is 18.5. The average Bonchev–Trinajstić information content (AvgIpc) is 3.51. The molecule has 0 radical (unpaired) electrons. The first-order valence-electron chi connectivity index (χ1n) is 39.1. The molecule has 0 aromatic heterocycles. The van der Waals surface area contributed by atoms with Crippen molar-refractivity contribution in [3.8, 4) is 0 Å². The van der Waals surface area contributed by atoms with E-state index in [4.69, 9.17) is 4.74 Å². The van der Waals surface area contributed by atoms with Crippen LogP contribution in [-0.2, 0) is 14.3 Å². The first kappa shape index (κ1) is 83.3. The van der Waals surface area contributed by atoms with E-state index in [1.807, 2.05) is 6.08 Å². The zero-order valence-electron chi connectivity index (χ0n) is 57.9. The number of hydrogen-bond donors (Lipinski definition) is 3. The van der Waals surface area contributed by atoms with Gasteiger partial charge in [-0.05, 0) is 57.8 Å². The number of carbonyl (C=O) groups excluding carboxylic acids is 2. The molecule has 0 saturated carbocycles. The summed E-state index contributed by atoms with van der Waals surface area (Å²) in [7, 11) is 0. The fourth-order valence-corrected chi connectivity index (χ4v) is 12.5. The molecular formula is C79H153NO5. The van der Waals surface area contributed by atoms with Gasteiger partial charge >= 0.3 is 5.97 Å². The molecule has 2 unspecified atom stereocenters. The van der Waals surface area contributed by atoms with Crippen molar-refractivity contribution >= 4 is 11.9 Å². The van der Waals surface area contributed by atoms with Gasteiger partial charge in [0.25, 0.3) is 0 Å². The number of aliphatic hydroxyl groups is 2. The SMILES string of the molecule is CCCCCCCCCCCCCCCCCCCCC/C=C/C(O)C(CO)NC(=O)CCCCCCCCCCCCCCCCCC/C=C\CCCCCCCCCCCCCCOC(=O)CCCCCCCCCCCCCCCCC. The van der Waals surface area contributed by atoms with Gasteiger partial charge in [0, 0.05) is 12.8 Å². The van der Waals surface area contributed by atoms with Gasteiger partial charge in [-0.15, -0.1) is 0 Å². The Bertz CT molecular complexity index is 1330. The van der Waals surface area contributed by atoms with Gasteiger partial charge in [0.2, 0.25) is 5.91 Å². The van der Waals surface area contributed by atoms with E-state index >= 15 is 0 Å². The number of carbonyl (C=O) groups is 2. The molecule has 6 nitrogen and oxygen atoms in total. The van der Waals surface area contributed by atoms with E-state index in [0.717, 1.165) is 38.5 Å². The number of allylic oxidation sites excluding steroid dienone is 3. The largest absolute Gasteiger partial charge is 0.466 e. The van der Waals surface area contributed by atoms with Crippen LogP contribution in [0.25, 0.3) is 0 Å². The highest BCUT2D eigenvalue weighted by Gasteiger charge is 2.18. The second-order valence-corrected chi connectivity index (χ2v) is 27.0. The normalized spacial score (nSPS) is 12.6. The summed E-state index contributed by atoms with van der Waals surface area (Å²) >= 11 is 0. The first-order valence-corrected chi connectivity index (χ1v) is 39.1. The Kier molecular flexibility index (Phi) is 73.3. The summed E-state index contributed by atoms with van der Waals surface area (Å²) < 4.78 is 5.50. The Morgan fingerprint density at radius 2 is 0.553 bits per heavy atom. The molecule has 0 aromatic carbocycles. The fourth-order valence-electron chi connectivity index (χ4n) is 12.5. The van der Waals surface area contributed by atoms with E-state index in [1.54, 1.807) is 6.08 Å². The van der Waals surface area contributed by atoms with Gasteiger partial charge < -0.3 is 20.3 Å². The maximum absolute atomic E-state index is 12.5. The molecule has 3 N–H and O–H groups in total. The van der Waals surface area contributed by atoms with E-state index < -0.39 is 12.1 Å². The molecule has 504 valence electrons. The van der Waals surface area contributed by atoms with Crippen molar-refractivity contribution in [2.75, 3.05) is 13.2 Å². The topological polar surface area (TPSA) is 95.9 Å². The zero-order valence-corrected chi connectivity index (χ0v) is 57.9. The van der Waals surface area contributed by atoms with Crippen molar-refractivity contribution < 1.29 is 24.5 Å². The minimum atomic E-state index is -0.844. The number of hydrogen-bond acceptors (Lipinski definition) is 5. The molecular weight excluding hydrogens is 1040 g/mol. The van der Waals surface area contributed by atoms with Crippen molar-refractivity contribution in [2.24, 2.45) is 0 Å². The Balaban J connectivity index is 3.37. The second-order valence-electron chi connectivity index (χ2n) is 27.0. The van der Waals surface area contributed by atoms with Gasteiger partial charge in [-0.3, -0.25) is 9.59 Å². The molecule has 0 rings (SSSR count). The van der Waals surface area contributed by atoms with Crippen molar-refractivity contribution in [3.05, 3.63) is 24.3 Å². The summed E-state index contributed by atoms with van der Waals surface area (Å²) in [6.45, 7) is 4.96. The van der Waals surface area contributed by atoms with Gasteiger partial charge in [-0.25, -0.2) is 0 Å². The molecule has 0 heterocycles. The molecule has 2 atom stereocenters. The minimum absolute atomic E-state index is 0.0218. The minimum Gasteiger partial charge on any atom is -0.466 e. The standard InChI is InChI=1S/C79H153NO5/c1-3-5-7-9-11-13-15-17-19-20-21-34-37-40-44-47-51-55-59-63-67-71-77(82)76(75-81)80-78(83)72-68-64-60-56-52-48-45-41-38-35-32-30-28-26-24-22-23-25-27-29-31-33-36-39-42-46-50-54-58-62-66-70-74-85-79(84)73-69-65-61-57-53-49-43-18-16-14-12-10-8-6-4-2/h25,27,67,71,76-77,81-82H,3-24,26,28-66,68-70,72-75H2,1-2H3,(H,80,83)/b27-25-,71-67+. The molecule has 0 fully saturated rings. The lowest BCUT2D eigenvalue weighted by molar-refractivity contribution is -0.143. The Morgan fingerprint density at radius 3 is 0.835 bits per heavy atom. The number of aliphatic hydroxyl groups excluding tert-OH is 2. The van der Waals surface area contributed by atoms with Crippen molar-refractivity contribution in [1.29, 1.82) is 0 Å². The Morgan fingerprint density at radius 1 is 0.318 bits per heavy atom. The maximum Gasteiger partial charge on any atom is 0.305 e. The summed E-state index contributed by atoms with van der Waals surface area (Å²) in [5, 5.41) is 23.3. The molecule has 0 aromatic rings. The van der Waals surface area contributed by atoms with Crippen molar-refractivity contribution in [2.45, 2.75) is 456 Å². The highest BCUT2D eigenvalue weighted by atomic mass is 16.5. The lowest BCUT2D eigenvalue weighted by atomic mass is 10.0. The fraction of sp³-hybridized carbons (Fsp3) is 0.924. The number of ether oxygens (including phenoxy) is 1. The zero-order chi connectivity index (χ0) is 61.3. The summed E-state index contributed by atoms with van der Waals surface area (Å²) in [6.07, 6.45) is 95.8. The summed E-state index contributed by atoms with van der Waals surface area (Å²) in [5.74, 6) is -0.0388. The molecule has 1 amide bonds. The van der Waals surface area contributed by atoms with E-state index in [9.17, 15) is 19.8 Å². The van der Waals surface area contributed by atoms with Gasteiger partial charge in [-0.2, -0.15) is 0 Å². The van der Waals surface area contributed by atoms with Crippen LogP contribution in [0.15, 0.2) is 24.3 Å². The van der Waals surface area contributed by atoms with Crippen molar-refractivity contribution in [3.63, 3.8) is 0 Å². The van der Waals surface area contributed by atoms with Crippen LogP contribution < -0.4 is 5.32 Å². The van der Waals surface area contributed by atoms with Crippen LogP contribution in [0.3, 0.4) is 0 Å². The van der Waals surface area contributed by atoms with Gasteiger partial charge in [0.1, 0.15) is 0 Å². The molecule has 6 heteroatoms. The average molecular weight is 1200 g/mol. The van der Waals surface area contributed by atoms with E-state index in [-0.39, 0.29) is 18.5 Å². The number of amides is 1. The van der Waals surface area contributed by atoms with Gasteiger partial charge in [0.05, 0.1) is 25.4 Å². The van der Waals surface area contributed by atoms with Gasteiger partial charge in [-0.1, -0.05) is 398 Å². The van der Waals surface area contributed by atoms with Crippen LogP contribution in [0.1, 0.15) is 444 Å². The molecule has 0 spiro atoms. The molecule has 0 saturated heterocycles. The Labute approximate surface area is 532 Å². The smallest absolute Gasteiger partial charge is 0.305 e. The third-order valence-corrected chi connectivity index (χ3v) is 18.5. The monoisotopic (exact) mass is 1200 g/mol. The number of esters is 1. The highest BCUT2D eigenvalue weighted by molar-refractivity contribution is 5.76.